The quantitative estimate of drug-likeness (QED) is 0.800. The zero-order chi connectivity index (χ0) is 13.8. The number of thiazole rings is 1. The Morgan fingerprint density at radius 2 is 2.05 bits per heavy atom. The van der Waals surface area contributed by atoms with Crippen LogP contribution in [-0.2, 0) is 0 Å². The molecule has 0 spiro atoms. The highest BCUT2D eigenvalue weighted by Gasteiger charge is 2.20. The van der Waals surface area contributed by atoms with Crippen LogP contribution in [-0.4, -0.2) is 10.9 Å². The van der Waals surface area contributed by atoms with Gasteiger partial charge in [0.1, 0.15) is 17.5 Å². The van der Waals surface area contributed by atoms with Crippen molar-refractivity contribution in [1.29, 1.82) is 0 Å². The van der Waals surface area contributed by atoms with Gasteiger partial charge in [-0.25, -0.2) is 4.98 Å². The van der Waals surface area contributed by atoms with E-state index in [1.165, 1.54) is 11.3 Å². The third-order valence-electron chi connectivity index (χ3n) is 2.90. The topological polar surface area (TPSA) is 55.1 Å². The van der Waals surface area contributed by atoms with Crippen LogP contribution in [0.15, 0.2) is 64.0 Å². The zero-order valence-electron chi connectivity index (χ0n) is 10.5. The molecule has 1 atom stereocenters. The van der Waals surface area contributed by atoms with Crippen LogP contribution in [0.25, 0.3) is 0 Å². The SMILES string of the molecule is O=C(NC(c1ccccc1)c1ccco1)c1cscn1. The molecule has 3 rings (SSSR count). The highest BCUT2D eigenvalue weighted by Crippen LogP contribution is 2.22. The predicted octanol–water partition coefficient (Wildman–Crippen LogP) is 3.26. The Bertz CT molecular complexity index is 663. The molecule has 0 aliphatic heterocycles. The van der Waals surface area contributed by atoms with Gasteiger partial charge in [0, 0.05) is 5.38 Å². The highest BCUT2D eigenvalue weighted by atomic mass is 32.1. The molecule has 2 aromatic heterocycles. The van der Waals surface area contributed by atoms with Crippen molar-refractivity contribution < 1.29 is 9.21 Å². The van der Waals surface area contributed by atoms with Crippen LogP contribution in [0.2, 0.25) is 0 Å². The van der Waals surface area contributed by atoms with E-state index in [0.29, 0.717) is 11.5 Å². The van der Waals surface area contributed by atoms with Crippen LogP contribution >= 0.6 is 11.3 Å². The first-order valence-electron chi connectivity index (χ1n) is 6.12. The summed E-state index contributed by atoms with van der Waals surface area (Å²) in [5.41, 5.74) is 3.02. The van der Waals surface area contributed by atoms with E-state index >= 15 is 0 Å². The largest absolute Gasteiger partial charge is 0.467 e. The van der Waals surface area contributed by atoms with Gasteiger partial charge in [0.2, 0.25) is 0 Å². The number of carbonyl (C=O) groups is 1. The van der Waals surface area contributed by atoms with Gasteiger partial charge in [0.05, 0.1) is 11.8 Å². The number of nitrogens with zero attached hydrogens (tertiary/aromatic N) is 1. The molecular formula is C15H12N2O2S. The van der Waals surface area contributed by atoms with Crippen molar-refractivity contribution in [1.82, 2.24) is 10.3 Å². The van der Waals surface area contributed by atoms with Gasteiger partial charge in [0.15, 0.2) is 0 Å². The van der Waals surface area contributed by atoms with Gasteiger partial charge >= 0.3 is 0 Å². The first-order chi connectivity index (χ1) is 9.84. The fourth-order valence-corrected chi connectivity index (χ4v) is 2.48. The second-order valence-electron chi connectivity index (χ2n) is 4.21. The molecule has 0 saturated heterocycles. The van der Waals surface area contributed by atoms with E-state index in [0.717, 1.165) is 5.56 Å². The van der Waals surface area contributed by atoms with Gasteiger partial charge in [0.25, 0.3) is 5.91 Å². The van der Waals surface area contributed by atoms with Gasteiger partial charge in [-0.15, -0.1) is 11.3 Å². The van der Waals surface area contributed by atoms with Gasteiger partial charge in [-0.2, -0.15) is 0 Å². The molecule has 0 fully saturated rings. The number of nitrogens with one attached hydrogen (secondary N) is 1. The van der Waals surface area contributed by atoms with Crippen molar-refractivity contribution in [2.75, 3.05) is 0 Å². The molecule has 0 bridgehead atoms. The minimum atomic E-state index is -0.319. The molecule has 0 aliphatic rings. The van der Waals surface area contributed by atoms with Crippen molar-refractivity contribution in [3.05, 3.63) is 76.6 Å². The van der Waals surface area contributed by atoms with E-state index in [1.807, 2.05) is 36.4 Å². The van der Waals surface area contributed by atoms with E-state index in [2.05, 4.69) is 10.3 Å². The average Bonchev–Trinajstić information content (AvgIpc) is 3.18. The standard InChI is InChI=1S/C15H12N2O2S/c18-15(12-9-20-10-16-12)17-14(13-7-4-8-19-13)11-5-2-1-3-6-11/h1-10,14H,(H,17,18). The molecule has 4 nitrogen and oxygen atoms in total. The highest BCUT2D eigenvalue weighted by molar-refractivity contribution is 7.07. The summed E-state index contributed by atoms with van der Waals surface area (Å²) in [4.78, 5) is 16.2. The lowest BCUT2D eigenvalue weighted by Crippen LogP contribution is -2.29. The van der Waals surface area contributed by atoms with E-state index in [1.54, 1.807) is 23.2 Å². The van der Waals surface area contributed by atoms with Gasteiger partial charge in [-0.1, -0.05) is 30.3 Å². The molecule has 2 heterocycles. The lowest BCUT2D eigenvalue weighted by Gasteiger charge is -2.16. The third kappa shape index (κ3) is 2.62. The van der Waals surface area contributed by atoms with E-state index in [9.17, 15) is 4.79 Å². The number of hydrogen-bond acceptors (Lipinski definition) is 4. The normalized spacial score (nSPS) is 12.0. The zero-order valence-corrected chi connectivity index (χ0v) is 11.3. The fraction of sp³-hybridized carbons (Fsp3) is 0.0667. The summed E-state index contributed by atoms with van der Waals surface area (Å²) in [5.74, 6) is 0.483. The van der Waals surface area contributed by atoms with E-state index in [4.69, 9.17) is 4.42 Å². The van der Waals surface area contributed by atoms with Gasteiger partial charge in [-0.05, 0) is 17.7 Å². The number of aromatic nitrogens is 1. The second-order valence-corrected chi connectivity index (χ2v) is 4.92. The summed E-state index contributed by atoms with van der Waals surface area (Å²) < 4.78 is 5.44. The maximum atomic E-state index is 12.2. The van der Waals surface area contributed by atoms with Crippen molar-refractivity contribution >= 4 is 17.2 Å². The Hall–Kier alpha value is -2.40. The predicted molar refractivity (Wildman–Crippen MR) is 76.6 cm³/mol. The second kappa shape index (κ2) is 5.71. The molecule has 100 valence electrons. The Kier molecular flexibility index (Phi) is 3.60. The van der Waals surface area contributed by atoms with Crippen LogP contribution in [0.1, 0.15) is 27.9 Å². The fourth-order valence-electron chi connectivity index (χ4n) is 1.95. The molecule has 1 unspecified atom stereocenters. The van der Waals surface area contributed by atoms with Crippen LogP contribution in [0, 0.1) is 0 Å². The van der Waals surface area contributed by atoms with Crippen molar-refractivity contribution in [3.63, 3.8) is 0 Å². The number of amides is 1. The van der Waals surface area contributed by atoms with Crippen LogP contribution < -0.4 is 5.32 Å². The summed E-state index contributed by atoms with van der Waals surface area (Å²) in [6.45, 7) is 0. The minimum Gasteiger partial charge on any atom is -0.467 e. The summed E-state index contributed by atoms with van der Waals surface area (Å²) in [7, 11) is 0. The Morgan fingerprint density at radius 3 is 2.70 bits per heavy atom. The molecule has 1 aromatic carbocycles. The lowest BCUT2D eigenvalue weighted by molar-refractivity contribution is 0.0934. The molecular weight excluding hydrogens is 272 g/mol. The number of benzene rings is 1. The van der Waals surface area contributed by atoms with Crippen molar-refractivity contribution in [2.45, 2.75) is 6.04 Å². The van der Waals surface area contributed by atoms with Crippen molar-refractivity contribution in [3.8, 4) is 0 Å². The van der Waals surface area contributed by atoms with E-state index in [-0.39, 0.29) is 11.9 Å². The van der Waals surface area contributed by atoms with E-state index < -0.39 is 0 Å². The third-order valence-corrected chi connectivity index (χ3v) is 3.49. The molecule has 3 aromatic rings. The molecule has 20 heavy (non-hydrogen) atoms. The van der Waals surface area contributed by atoms with Crippen molar-refractivity contribution in [2.24, 2.45) is 0 Å². The smallest absolute Gasteiger partial charge is 0.271 e. The van der Waals surface area contributed by atoms with Gasteiger partial charge in [-0.3, -0.25) is 4.79 Å². The summed E-state index contributed by atoms with van der Waals surface area (Å²) in [5, 5.41) is 4.67. The maximum absolute atomic E-state index is 12.2. The molecule has 0 radical (unpaired) electrons. The minimum absolute atomic E-state index is 0.212. The summed E-state index contributed by atoms with van der Waals surface area (Å²) in [6, 6.07) is 13.0. The van der Waals surface area contributed by atoms with Crippen LogP contribution in [0.4, 0.5) is 0 Å². The number of furan rings is 1. The summed E-state index contributed by atoms with van der Waals surface area (Å²) >= 11 is 1.39. The van der Waals surface area contributed by atoms with Crippen LogP contribution in [0.5, 0.6) is 0 Å². The Morgan fingerprint density at radius 1 is 1.20 bits per heavy atom. The Labute approximate surface area is 120 Å². The average molecular weight is 284 g/mol. The molecule has 1 amide bonds. The molecule has 0 aliphatic carbocycles. The summed E-state index contributed by atoms with van der Waals surface area (Å²) in [6.07, 6.45) is 1.60. The lowest BCUT2D eigenvalue weighted by atomic mass is 10.0. The Balaban J connectivity index is 1.89. The number of carbonyl (C=O) groups excluding carboxylic acids is 1. The monoisotopic (exact) mass is 284 g/mol. The van der Waals surface area contributed by atoms with Crippen LogP contribution in [0.3, 0.4) is 0 Å². The maximum Gasteiger partial charge on any atom is 0.271 e. The molecule has 0 saturated carbocycles. The first kappa shape index (κ1) is 12.6. The first-order valence-corrected chi connectivity index (χ1v) is 7.06. The van der Waals surface area contributed by atoms with Gasteiger partial charge < -0.3 is 9.73 Å². The number of hydrogen-bond donors (Lipinski definition) is 1. The molecule has 1 N–H and O–H groups in total. The molecule has 5 heteroatoms. The number of rotatable bonds is 4.